The van der Waals surface area contributed by atoms with E-state index >= 15 is 0 Å². The van der Waals surface area contributed by atoms with E-state index in [-0.39, 0.29) is 0 Å². The standard InChI is InChI=1S/C13H19Cl2NO2/c1-17-13-4-3-12(15)9-11(13)10-16-6-2-7-18-8-5-14/h3-4,9,16H,2,5-8,10H2,1H3. The van der Waals surface area contributed by atoms with Crippen LogP contribution in [0.25, 0.3) is 0 Å². The van der Waals surface area contributed by atoms with E-state index in [1.54, 1.807) is 7.11 Å². The Labute approximate surface area is 118 Å². The van der Waals surface area contributed by atoms with Crippen LogP contribution in [-0.2, 0) is 11.3 Å². The molecular formula is C13H19Cl2NO2. The minimum Gasteiger partial charge on any atom is -0.496 e. The molecule has 1 rings (SSSR count). The normalized spacial score (nSPS) is 10.6. The molecule has 0 aromatic heterocycles. The molecule has 0 saturated carbocycles. The molecule has 5 heteroatoms. The van der Waals surface area contributed by atoms with Crippen LogP contribution < -0.4 is 10.1 Å². The summed E-state index contributed by atoms with van der Waals surface area (Å²) in [6, 6.07) is 5.62. The third-order valence-electron chi connectivity index (χ3n) is 2.42. The van der Waals surface area contributed by atoms with Crippen LogP contribution in [0.4, 0.5) is 0 Å². The van der Waals surface area contributed by atoms with E-state index in [0.29, 0.717) is 12.5 Å². The molecule has 3 nitrogen and oxygen atoms in total. The number of alkyl halides is 1. The number of benzene rings is 1. The molecule has 0 atom stereocenters. The number of nitrogens with one attached hydrogen (secondary N) is 1. The van der Waals surface area contributed by atoms with Gasteiger partial charge in [0.1, 0.15) is 5.75 Å². The molecule has 1 aromatic rings. The lowest BCUT2D eigenvalue weighted by molar-refractivity contribution is 0.146. The van der Waals surface area contributed by atoms with Crippen molar-refractivity contribution in [3.63, 3.8) is 0 Å². The number of halogens is 2. The zero-order chi connectivity index (χ0) is 13.2. The van der Waals surface area contributed by atoms with Gasteiger partial charge in [-0.3, -0.25) is 0 Å². The lowest BCUT2D eigenvalue weighted by Crippen LogP contribution is -2.17. The van der Waals surface area contributed by atoms with Crippen molar-refractivity contribution in [3.8, 4) is 5.75 Å². The minimum absolute atomic E-state index is 0.549. The zero-order valence-electron chi connectivity index (χ0n) is 10.5. The lowest BCUT2D eigenvalue weighted by Gasteiger charge is -2.10. The van der Waals surface area contributed by atoms with Crippen LogP contribution in [-0.4, -0.2) is 32.7 Å². The van der Waals surface area contributed by atoms with E-state index in [2.05, 4.69) is 5.32 Å². The Morgan fingerprint density at radius 1 is 1.28 bits per heavy atom. The van der Waals surface area contributed by atoms with Gasteiger partial charge in [0.2, 0.25) is 0 Å². The largest absolute Gasteiger partial charge is 0.496 e. The molecule has 0 heterocycles. The van der Waals surface area contributed by atoms with E-state index < -0.39 is 0 Å². The van der Waals surface area contributed by atoms with Gasteiger partial charge in [-0.05, 0) is 31.2 Å². The molecule has 0 fully saturated rings. The molecule has 0 saturated heterocycles. The maximum absolute atomic E-state index is 5.96. The maximum Gasteiger partial charge on any atom is 0.123 e. The first kappa shape index (κ1) is 15.6. The van der Waals surface area contributed by atoms with Crippen molar-refractivity contribution in [2.45, 2.75) is 13.0 Å². The number of ether oxygens (including phenoxy) is 2. The molecule has 0 unspecified atom stereocenters. The molecule has 0 bridgehead atoms. The van der Waals surface area contributed by atoms with Gasteiger partial charge >= 0.3 is 0 Å². The van der Waals surface area contributed by atoms with Crippen molar-refractivity contribution >= 4 is 23.2 Å². The topological polar surface area (TPSA) is 30.5 Å². The van der Waals surface area contributed by atoms with Crippen molar-refractivity contribution in [2.75, 3.05) is 32.7 Å². The Balaban J connectivity index is 2.24. The molecule has 1 N–H and O–H groups in total. The van der Waals surface area contributed by atoms with Crippen molar-refractivity contribution in [1.82, 2.24) is 5.32 Å². The second-order valence-corrected chi connectivity index (χ2v) is 4.60. The fourth-order valence-corrected chi connectivity index (χ4v) is 1.87. The van der Waals surface area contributed by atoms with E-state index in [9.17, 15) is 0 Å². The fraction of sp³-hybridized carbons (Fsp3) is 0.538. The Bertz CT molecular complexity index is 348. The number of hydrogen-bond donors (Lipinski definition) is 1. The highest BCUT2D eigenvalue weighted by molar-refractivity contribution is 6.30. The summed E-state index contributed by atoms with van der Waals surface area (Å²) in [6.07, 6.45) is 0.958. The summed E-state index contributed by atoms with van der Waals surface area (Å²) < 4.78 is 10.6. The van der Waals surface area contributed by atoms with Crippen molar-refractivity contribution in [3.05, 3.63) is 28.8 Å². The monoisotopic (exact) mass is 291 g/mol. The summed E-state index contributed by atoms with van der Waals surface area (Å²) in [5.74, 6) is 1.40. The Morgan fingerprint density at radius 2 is 2.11 bits per heavy atom. The Morgan fingerprint density at radius 3 is 2.83 bits per heavy atom. The molecule has 18 heavy (non-hydrogen) atoms. The lowest BCUT2D eigenvalue weighted by atomic mass is 10.2. The number of rotatable bonds is 9. The maximum atomic E-state index is 5.96. The quantitative estimate of drug-likeness (QED) is 0.560. The van der Waals surface area contributed by atoms with Gasteiger partial charge in [-0.1, -0.05) is 11.6 Å². The Kier molecular flexibility index (Phi) is 8.18. The zero-order valence-corrected chi connectivity index (χ0v) is 12.1. The summed E-state index contributed by atoms with van der Waals surface area (Å²) in [5, 5.41) is 4.05. The van der Waals surface area contributed by atoms with Gasteiger partial charge in [0, 0.05) is 29.6 Å². The van der Waals surface area contributed by atoms with Gasteiger partial charge in [-0.15, -0.1) is 11.6 Å². The second kappa shape index (κ2) is 9.45. The SMILES string of the molecule is COc1ccc(Cl)cc1CNCCCOCCCl. The average Bonchev–Trinajstić information content (AvgIpc) is 2.38. The molecule has 0 spiro atoms. The minimum atomic E-state index is 0.549. The van der Waals surface area contributed by atoms with Crippen molar-refractivity contribution < 1.29 is 9.47 Å². The summed E-state index contributed by atoms with van der Waals surface area (Å²) in [7, 11) is 1.66. The van der Waals surface area contributed by atoms with E-state index in [4.69, 9.17) is 32.7 Å². The summed E-state index contributed by atoms with van der Waals surface area (Å²) >= 11 is 11.5. The predicted octanol–water partition coefficient (Wildman–Crippen LogP) is 3.08. The molecule has 0 amide bonds. The van der Waals surface area contributed by atoms with Gasteiger partial charge in [-0.25, -0.2) is 0 Å². The predicted molar refractivity (Wildman–Crippen MR) is 75.9 cm³/mol. The summed E-state index contributed by atoms with van der Waals surface area (Å²) in [4.78, 5) is 0. The average molecular weight is 292 g/mol. The van der Waals surface area contributed by atoms with Crippen LogP contribution in [0.2, 0.25) is 5.02 Å². The number of methoxy groups -OCH3 is 1. The van der Waals surface area contributed by atoms with Crippen molar-refractivity contribution in [2.24, 2.45) is 0 Å². The van der Waals surface area contributed by atoms with Gasteiger partial charge in [0.05, 0.1) is 13.7 Å². The Hall–Kier alpha value is -0.480. The first-order valence-corrected chi connectivity index (χ1v) is 6.86. The second-order valence-electron chi connectivity index (χ2n) is 3.79. The van der Waals surface area contributed by atoms with Crippen LogP contribution >= 0.6 is 23.2 Å². The van der Waals surface area contributed by atoms with Crippen LogP contribution in [0, 0.1) is 0 Å². The van der Waals surface area contributed by atoms with Gasteiger partial charge in [-0.2, -0.15) is 0 Å². The fourth-order valence-electron chi connectivity index (χ4n) is 1.56. The highest BCUT2D eigenvalue weighted by Gasteiger charge is 2.03. The molecule has 0 radical (unpaired) electrons. The van der Waals surface area contributed by atoms with Crippen molar-refractivity contribution in [1.29, 1.82) is 0 Å². The summed E-state index contributed by atoms with van der Waals surface area (Å²) in [6.45, 7) is 2.97. The molecule has 0 aliphatic heterocycles. The number of hydrogen-bond acceptors (Lipinski definition) is 3. The third-order valence-corrected chi connectivity index (χ3v) is 2.81. The molecule has 0 aliphatic carbocycles. The van der Waals surface area contributed by atoms with E-state index in [1.807, 2.05) is 18.2 Å². The molecule has 1 aromatic carbocycles. The first-order valence-electron chi connectivity index (χ1n) is 5.94. The van der Waals surface area contributed by atoms with E-state index in [0.717, 1.165) is 42.5 Å². The summed E-state index contributed by atoms with van der Waals surface area (Å²) in [5.41, 5.74) is 1.06. The van der Waals surface area contributed by atoms with Gasteiger partial charge < -0.3 is 14.8 Å². The molecule has 102 valence electrons. The van der Waals surface area contributed by atoms with Crippen LogP contribution in [0.15, 0.2) is 18.2 Å². The van der Waals surface area contributed by atoms with Gasteiger partial charge in [0.15, 0.2) is 0 Å². The highest BCUT2D eigenvalue weighted by atomic mass is 35.5. The van der Waals surface area contributed by atoms with Crippen LogP contribution in [0.3, 0.4) is 0 Å². The molecular weight excluding hydrogens is 273 g/mol. The smallest absolute Gasteiger partial charge is 0.123 e. The third kappa shape index (κ3) is 5.91. The molecule has 0 aliphatic rings. The highest BCUT2D eigenvalue weighted by Crippen LogP contribution is 2.22. The van der Waals surface area contributed by atoms with E-state index in [1.165, 1.54) is 0 Å². The van der Waals surface area contributed by atoms with Crippen LogP contribution in [0.1, 0.15) is 12.0 Å². The first-order chi connectivity index (χ1) is 8.77. The van der Waals surface area contributed by atoms with Crippen LogP contribution in [0.5, 0.6) is 5.75 Å². The van der Waals surface area contributed by atoms with Gasteiger partial charge in [0.25, 0.3) is 0 Å².